The molecular formula is C18H15Cl3N4OS. The Hall–Kier alpha value is -1.86. The summed E-state index contributed by atoms with van der Waals surface area (Å²) < 4.78 is 7.86. The number of aromatic amines is 1. The molecule has 0 unspecified atom stereocenters. The van der Waals surface area contributed by atoms with Crippen LogP contribution >= 0.6 is 47.0 Å². The molecular weight excluding hydrogens is 427 g/mol. The number of H-pyrrole nitrogens is 1. The van der Waals surface area contributed by atoms with Gasteiger partial charge in [0.15, 0.2) is 5.82 Å². The van der Waals surface area contributed by atoms with Crippen LogP contribution in [-0.2, 0) is 13.0 Å². The van der Waals surface area contributed by atoms with Crippen LogP contribution in [0, 0.1) is 4.77 Å². The number of hydrogen-bond donors (Lipinski definition) is 1. The van der Waals surface area contributed by atoms with Crippen LogP contribution in [0.25, 0.3) is 0 Å². The molecule has 1 aromatic heterocycles. The third kappa shape index (κ3) is 4.71. The SMILES string of the molecule is CCc1n[nH]c(=S)n1/N=C/c1cccc(OCc2c(Cl)ccc(Cl)c2Cl)c1. The molecule has 2 aromatic carbocycles. The molecule has 0 saturated carbocycles. The molecule has 0 aliphatic carbocycles. The quantitative estimate of drug-likeness (QED) is 0.293. The second kappa shape index (κ2) is 8.89. The van der Waals surface area contributed by atoms with Crippen molar-refractivity contribution in [3.8, 4) is 5.75 Å². The molecule has 27 heavy (non-hydrogen) atoms. The van der Waals surface area contributed by atoms with Gasteiger partial charge in [-0.2, -0.15) is 14.9 Å². The number of rotatable bonds is 6. The van der Waals surface area contributed by atoms with E-state index in [1.807, 2.05) is 31.2 Å². The minimum Gasteiger partial charge on any atom is -0.489 e. The molecule has 3 rings (SSSR count). The Morgan fingerprint density at radius 1 is 1.22 bits per heavy atom. The lowest BCUT2D eigenvalue weighted by molar-refractivity contribution is 0.306. The third-order valence-corrected chi connectivity index (χ3v) is 5.20. The fourth-order valence-corrected chi connectivity index (χ4v) is 3.19. The van der Waals surface area contributed by atoms with Crippen LogP contribution in [0.1, 0.15) is 23.9 Å². The van der Waals surface area contributed by atoms with Crippen LogP contribution in [0.5, 0.6) is 5.75 Å². The van der Waals surface area contributed by atoms with Crippen molar-refractivity contribution in [2.75, 3.05) is 0 Å². The van der Waals surface area contributed by atoms with E-state index in [2.05, 4.69) is 15.3 Å². The maximum absolute atomic E-state index is 6.21. The highest BCUT2D eigenvalue weighted by Crippen LogP contribution is 2.32. The van der Waals surface area contributed by atoms with E-state index in [1.54, 1.807) is 23.0 Å². The molecule has 0 amide bonds. The molecule has 0 spiro atoms. The maximum atomic E-state index is 6.21. The van der Waals surface area contributed by atoms with E-state index in [0.717, 1.165) is 17.8 Å². The van der Waals surface area contributed by atoms with E-state index in [0.29, 0.717) is 31.2 Å². The molecule has 5 nitrogen and oxygen atoms in total. The number of ether oxygens (including phenoxy) is 1. The van der Waals surface area contributed by atoms with Crippen LogP contribution in [0.3, 0.4) is 0 Å². The highest BCUT2D eigenvalue weighted by atomic mass is 35.5. The number of nitrogens with zero attached hydrogens (tertiary/aromatic N) is 3. The Balaban J connectivity index is 1.77. The van der Waals surface area contributed by atoms with Gasteiger partial charge in [0.25, 0.3) is 0 Å². The van der Waals surface area contributed by atoms with Crippen molar-refractivity contribution in [1.82, 2.24) is 14.9 Å². The lowest BCUT2D eigenvalue weighted by Crippen LogP contribution is -1.99. The summed E-state index contributed by atoms with van der Waals surface area (Å²) in [6.45, 7) is 2.18. The zero-order valence-electron chi connectivity index (χ0n) is 14.2. The van der Waals surface area contributed by atoms with E-state index in [-0.39, 0.29) is 6.61 Å². The van der Waals surface area contributed by atoms with Gasteiger partial charge in [-0.1, -0.05) is 53.9 Å². The Bertz CT molecular complexity index is 1050. The fraction of sp³-hybridized carbons (Fsp3) is 0.167. The zero-order valence-corrected chi connectivity index (χ0v) is 17.3. The predicted octanol–water partition coefficient (Wildman–Crippen LogP) is 5.92. The van der Waals surface area contributed by atoms with Gasteiger partial charge in [-0.25, -0.2) is 0 Å². The summed E-state index contributed by atoms with van der Waals surface area (Å²) in [7, 11) is 0. The number of hydrogen-bond acceptors (Lipinski definition) is 4. The van der Waals surface area contributed by atoms with E-state index in [4.69, 9.17) is 51.8 Å². The maximum Gasteiger partial charge on any atom is 0.216 e. The van der Waals surface area contributed by atoms with Crippen molar-refractivity contribution in [2.24, 2.45) is 5.10 Å². The normalized spacial score (nSPS) is 11.3. The van der Waals surface area contributed by atoms with Gasteiger partial charge in [-0.15, -0.1) is 0 Å². The molecule has 0 bridgehead atoms. The fourth-order valence-electron chi connectivity index (χ4n) is 2.34. The molecule has 1 N–H and O–H groups in total. The standard InChI is InChI=1S/C18H15Cl3N4OS/c1-2-16-23-24-18(27)25(16)22-9-11-4-3-5-12(8-11)26-10-13-14(19)6-7-15(20)17(13)21/h3-9H,2,10H2,1H3,(H,24,27)/b22-9+. The summed E-state index contributed by atoms with van der Waals surface area (Å²) in [6, 6.07) is 10.8. The number of benzene rings is 2. The number of nitrogens with one attached hydrogen (secondary N) is 1. The molecule has 0 saturated heterocycles. The molecule has 1 heterocycles. The molecule has 0 atom stereocenters. The number of halogens is 3. The first-order valence-electron chi connectivity index (χ1n) is 8.05. The van der Waals surface area contributed by atoms with Gasteiger partial charge in [0.05, 0.1) is 16.3 Å². The Labute approximate surface area is 176 Å². The van der Waals surface area contributed by atoms with Gasteiger partial charge in [-0.05, 0) is 42.0 Å². The minimum atomic E-state index is 0.200. The summed E-state index contributed by atoms with van der Waals surface area (Å²) in [5, 5.41) is 12.6. The predicted molar refractivity (Wildman–Crippen MR) is 112 cm³/mol. The highest BCUT2D eigenvalue weighted by Gasteiger charge is 2.10. The minimum absolute atomic E-state index is 0.200. The monoisotopic (exact) mass is 440 g/mol. The summed E-state index contributed by atoms with van der Waals surface area (Å²) >= 11 is 23.6. The zero-order chi connectivity index (χ0) is 19.4. The third-order valence-electron chi connectivity index (χ3n) is 3.74. The smallest absolute Gasteiger partial charge is 0.216 e. The van der Waals surface area contributed by atoms with E-state index in [9.17, 15) is 0 Å². The second-order valence-corrected chi connectivity index (χ2v) is 7.12. The topological polar surface area (TPSA) is 55.2 Å². The highest BCUT2D eigenvalue weighted by molar-refractivity contribution is 7.71. The van der Waals surface area contributed by atoms with Crippen LogP contribution in [0.15, 0.2) is 41.5 Å². The van der Waals surface area contributed by atoms with Crippen LogP contribution in [0.4, 0.5) is 0 Å². The van der Waals surface area contributed by atoms with Crippen molar-refractivity contribution in [2.45, 2.75) is 20.0 Å². The average Bonchev–Trinajstić information content (AvgIpc) is 3.03. The molecule has 9 heteroatoms. The van der Waals surface area contributed by atoms with Gasteiger partial charge in [0, 0.05) is 17.0 Å². The molecule has 0 aliphatic rings. The van der Waals surface area contributed by atoms with Gasteiger partial charge in [0.2, 0.25) is 4.77 Å². The molecule has 0 fully saturated rings. The Kier molecular flexibility index (Phi) is 6.55. The van der Waals surface area contributed by atoms with Crippen molar-refractivity contribution >= 4 is 53.2 Å². The first-order valence-corrected chi connectivity index (χ1v) is 9.59. The first-order chi connectivity index (χ1) is 13.0. The van der Waals surface area contributed by atoms with E-state index in [1.165, 1.54) is 0 Å². The Morgan fingerprint density at radius 2 is 2.00 bits per heavy atom. The van der Waals surface area contributed by atoms with E-state index >= 15 is 0 Å². The molecule has 0 aliphatic heterocycles. The summed E-state index contributed by atoms with van der Waals surface area (Å²) in [5.41, 5.74) is 1.49. The molecule has 140 valence electrons. The largest absolute Gasteiger partial charge is 0.489 e. The summed E-state index contributed by atoms with van der Waals surface area (Å²) in [6.07, 6.45) is 2.41. The average molecular weight is 442 g/mol. The van der Waals surface area contributed by atoms with Crippen molar-refractivity contribution < 1.29 is 4.74 Å². The number of aryl methyl sites for hydroxylation is 1. The van der Waals surface area contributed by atoms with Crippen LogP contribution < -0.4 is 4.74 Å². The van der Waals surface area contributed by atoms with Crippen LogP contribution in [0.2, 0.25) is 15.1 Å². The van der Waals surface area contributed by atoms with Gasteiger partial charge in [0.1, 0.15) is 12.4 Å². The Morgan fingerprint density at radius 3 is 2.78 bits per heavy atom. The van der Waals surface area contributed by atoms with Gasteiger partial charge < -0.3 is 4.74 Å². The molecule has 0 radical (unpaired) electrons. The lowest BCUT2D eigenvalue weighted by Gasteiger charge is -2.11. The molecule has 3 aromatic rings. The lowest BCUT2D eigenvalue weighted by atomic mass is 10.2. The summed E-state index contributed by atoms with van der Waals surface area (Å²) in [4.78, 5) is 0. The van der Waals surface area contributed by atoms with Crippen LogP contribution in [-0.4, -0.2) is 21.1 Å². The first kappa shape index (κ1) is 19.9. The number of aromatic nitrogens is 3. The van der Waals surface area contributed by atoms with E-state index < -0.39 is 0 Å². The summed E-state index contributed by atoms with van der Waals surface area (Å²) in [5.74, 6) is 1.41. The van der Waals surface area contributed by atoms with Gasteiger partial charge >= 0.3 is 0 Å². The van der Waals surface area contributed by atoms with Crippen molar-refractivity contribution in [3.05, 3.63) is 73.2 Å². The van der Waals surface area contributed by atoms with Crippen molar-refractivity contribution in [3.63, 3.8) is 0 Å². The van der Waals surface area contributed by atoms with Crippen molar-refractivity contribution in [1.29, 1.82) is 0 Å². The second-order valence-electron chi connectivity index (χ2n) is 5.54. The van der Waals surface area contributed by atoms with Gasteiger partial charge in [-0.3, -0.25) is 5.10 Å².